The maximum Gasteiger partial charge on any atom is 0.116 e. The Hall–Kier alpha value is -1.90. The van der Waals surface area contributed by atoms with Crippen LogP contribution in [0, 0.1) is 6.92 Å². The summed E-state index contributed by atoms with van der Waals surface area (Å²) in [6.07, 6.45) is 1.68. The Bertz CT molecular complexity index is 411. The molecule has 70 valence electrons. The molecule has 1 heterocycles. The molecule has 0 aliphatic rings. The van der Waals surface area contributed by atoms with Crippen molar-refractivity contribution in [2.24, 2.45) is 0 Å². The quantitative estimate of drug-likeness (QED) is 0.742. The molecule has 0 aliphatic carbocycles. The van der Waals surface area contributed by atoms with Gasteiger partial charge in [0.1, 0.15) is 5.75 Å². The summed E-state index contributed by atoms with van der Waals surface area (Å²) in [6.45, 7) is 1.89. The molecule has 0 saturated carbocycles. The summed E-state index contributed by atoms with van der Waals surface area (Å²) in [4.78, 5) is 0. The van der Waals surface area contributed by atoms with Gasteiger partial charge in [0.05, 0.1) is 11.9 Å². The molecule has 2 aromatic rings. The Labute approximate surface area is 82.1 Å². The first-order valence-electron chi connectivity index (χ1n) is 4.34. The molecule has 3 heteroatoms. The second-order valence-electron chi connectivity index (χ2n) is 3.14. The summed E-state index contributed by atoms with van der Waals surface area (Å²) < 4.78 is 0. The molecule has 0 aliphatic heterocycles. The van der Waals surface area contributed by atoms with Gasteiger partial charge in [0.25, 0.3) is 0 Å². The van der Waals surface area contributed by atoms with Crippen LogP contribution in [0.25, 0.3) is 11.1 Å². The van der Waals surface area contributed by atoms with Crippen molar-refractivity contribution in [1.82, 2.24) is 10.2 Å². The Morgan fingerprint density at radius 1 is 1.14 bits per heavy atom. The number of nitrogens with zero attached hydrogens (tertiary/aromatic N) is 2. The van der Waals surface area contributed by atoms with Crippen LogP contribution in [0.1, 0.15) is 5.69 Å². The third-order valence-corrected chi connectivity index (χ3v) is 1.96. The molecule has 14 heavy (non-hydrogen) atoms. The van der Waals surface area contributed by atoms with Crippen LogP contribution < -0.4 is 0 Å². The molecular formula is C11H10N2O. The number of phenols is 1. The first-order chi connectivity index (χ1) is 6.75. The lowest BCUT2D eigenvalue weighted by Gasteiger charge is -2.01. The van der Waals surface area contributed by atoms with E-state index in [-0.39, 0.29) is 5.75 Å². The normalized spacial score (nSPS) is 10.1. The van der Waals surface area contributed by atoms with Crippen molar-refractivity contribution < 1.29 is 5.11 Å². The summed E-state index contributed by atoms with van der Waals surface area (Å²) in [5.41, 5.74) is 2.78. The van der Waals surface area contributed by atoms with Crippen molar-refractivity contribution in [1.29, 1.82) is 0 Å². The van der Waals surface area contributed by atoms with E-state index in [2.05, 4.69) is 10.2 Å². The molecule has 1 aromatic carbocycles. The van der Waals surface area contributed by atoms with Crippen LogP contribution in [0.3, 0.4) is 0 Å². The lowest BCUT2D eigenvalue weighted by Crippen LogP contribution is -1.87. The number of rotatable bonds is 1. The maximum atomic E-state index is 9.31. The minimum atomic E-state index is 0.261. The highest BCUT2D eigenvalue weighted by Crippen LogP contribution is 2.22. The van der Waals surface area contributed by atoms with Crippen molar-refractivity contribution >= 4 is 0 Å². The summed E-state index contributed by atoms with van der Waals surface area (Å²) in [7, 11) is 0. The summed E-state index contributed by atoms with van der Waals surface area (Å²) >= 11 is 0. The van der Waals surface area contributed by atoms with E-state index in [1.54, 1.807) is 24.4 Å². The van der Waals surface area contributed by atoms with E-state index in [1.165, 1.54) is 0 Å². The van der Waals surface area contributed by atoms with E-state index < -0.39 is 0 Å². The van der Waals surface area contributed by atoms with Crippen LogP contribution >= 0.6 is 0 Å². The van der Waals surface area contributed by atoms with E-state index in [0.29, 0.717) is 0 Å². The molecule has 0 radical (unpaired) electrons. The molecular weight excluding hydrogens is 176 g/mol. The first kappa shape index (κ1) is 8.69. The fourth-order valence-electron chi connectivity index (χ4n) is 1.32. The third-order valence-electron chi connectivity index (χ3n) is 1.96. The first-order valence-corrected chi connectivity index (χ1v) is 4.34. The lowest BCUT2D eigenvalue weighted by molar-refractivity contribution is 0.475. The molecule has 0 bridgehead atoms. The van der Waals surface area contributed by atoms with Crippen molar-refractivity contribution in [3.63, 3.8) is 0 Å². The second-order valence-corrected chi connectivity index (χ2v) is 3.14. The Kier molecular flexibility index (Phi) is 2.14. The van der Waals surface area contributed by atoms with Gasteiger partial charge >= 0.3 is 0 Å². The number of aromatic hydroxyl groups is 1. The van der Waals surface area contributed by atoms with Gasteiger partial charge in [-0.15, -0.1) is 0 Å². The average molecular weight is 186 g/mol. The van der Waals surface area contributed by atoms with Gasteiger partial charge < -0.3 is 5.11 Å². The zero-order valence-electron chi connectivity index (χ0n) is 7.81. The third kappa shape index (κ3) is 1.71. The Balaban J connectivity index is 2.49. The van der Waals surface area contributed by atoms with Crippen molar-refractivity contribution in [2.45, 2.75) is 6.92 Å². The summed E-state index contributed by atoms with van der Waals surface area (Å²) in [5, 5.41) is 17.0. The maximum absolute atomic E-state index is 9.31. The lowest BCUT2D eigenvalue weighted by atomic mass is 10.1. The smallest absolute Gasteiger partial charge is 0.116 e. The fourth-order valence-corrected chi connectivity index (χ4v) is 1.32. The monoisotopic (exact) mass is 186 g/mol. The van der Waals surface area contributed by atoms with Crippen LogP contribution in [-0.2, 0) is 0 Å². The van der Waals surface area contributed by atoms with Crippen LogP contribution in [0.2, 0.25) is 0 Å². The molecule has 1 aromatic heterocycles. The molecule has 0 spiro atoms. The number of benzene rings is 1. The molecule has 0 saturated heterocycles. The SMILES string of the molecule is Cc1cc(-c2cccc(O)c2)cnn1. The molecule has 0 fully saturated rings. The van der Waals surface area contributed by atoms with Gasteiger partial charge in [-0.2, -0.15) is 10.2 Å². The largest absolute Gasteiger partial charge is 0.508 e. The number of phenolic OH excluding ortho intramolecular Hbond substituents is 1. The zero-order chi connectivity index (χ0) is 9.97. The van der Waals surface area contributed by atoms with Crippen LogP contribution in [0.5, 0.6) is 5.75 Å². The van der Waals surface area contributed by atoms with Gasteiger partial charge in [-0.25, -0.2) is 0 Å². The van der Waals surface area contributed by atoms with Crippen molar-refractivity contribution in [3.05, 3.63) is 42.2 Å². The van der Waals surface area contributed by atoms with Gasteiger partial charge in [-0.1, -0.05) is 12.1 Å². The van der Waals surface area contributed by atoms with Crippen molar-refractivity contribution in [2.75, 3.05) is 0 Å². The molecule has 0 unspecified atom stereocenters. The number of hydrogen-bond acceptors (Lipinski definition) is 3. The van der Waals surface area contributed by atoms with Gasteiger partial charge in [-0.05, 0) is 30.7 Å². The molecule has 0 amide bonds. The van der Waals surface area contributed by atoms with Crippen molar-refractivity contribution in [3.8, 4) is 16.9 Å². The van der Waals surface area contributed by atoms with E-state index in [4.69, 9.17) is 0 Å². The van der Waals surface area contributed by atoms with Gasteiger partial charge in [0.2, 0.25) is 0 Å². The minimum absolute atomic E-state index is 0.261. The molecule has 2 rings (SSSR count). The van der Waals surface area contributed by atoms with E-state index >= 15 is 0 Å². The highest BCUT2D eigenvalue weighted by atomic mass is 16.3. The summed E-state index contributed by atoms with van der Waals surface area (Å²) in [6, 6.07) is 9.01. The minimum Gasteiger partial charge on any atom is -0.508 e. The fraction of sp³-hybridized carbons (Fsp3) is 0.0909. The number of hydrogen-bond donors (Lipinski definition) is 1. The van der Waals surface area contributed by atoms with Gasteiger partial charge in [0.15, 0.2) is 0 Å². The molecule has 1 N–H and O–H groups in total. The van der Waals surface area contributed by atoms with Gasteiger partial charge in [-0.3, -0.25) is 0 Å². The predicted molar refractivity (Wildman–Crippen MR) is 53.9 cm³/mol. The second kappa shape index (κ2) is 3.46. The van der Waals surface area contributed by atoms with Crippen LogP contribution in [-0.4, -0.2) is 15.3 Å². The van der Waals surface area contributed by atoms with E-state index in [1.807, 2.05) is 19.1 Å². The highest BCUT2D eigenvalue weighted by Gasteiger charge is 1.99. The topological polar surface area (TPSA) is 46.0 Å². The highest BCUT2D eigenvalue weighted by molar-refractivity contribution is 5.64. The average Bonchev–Trinajstić information content (AvgIpc) is 2.18. The number of aromatic nitrogens is 2. The van der Waals surface area contributed by atoms with E-state index in [0.717, 1.165) is 16.8 Å². The van der Waals surface area contributed by atoms with Crippen LogP contribution in [0.15, 0.2) is 36.5 Å². The standard InChI is InChI=1S/C11H10N2O/c1-8-5-10(7-12-13-8)9-3-2-4-11(14)6-9/h2-7,14H,1H3. The molecule has 0 atom stereocenters. The molecule has 3 nitrogen and oxygen atoms in total. The van der Waals surface area contributed by atoms with Gasteiger partial charge in [0, 0.05) is 5.56 Å². The Morgan fingerprint density at radius 2 is 2.00 bits per heavy atom. The van der Waals surface area contributed by atoms with Crippen LogP contribution in [0.4, 0.5) is 0 Å². The summed E-state index contributed by atoms with van der Waals surface area (Å²) in [5.74, 6) is 0.261. The number of aryl methyl sites for hydroxylation is 1. The van der Waals surface area contributed by atoms with E-state index in [9.17, 15) is 5.11 Å². The Morgan fingerprint density at radius 3 is 2.71 bits per heavy atom. The zero-order valence-corrected chi connectivity index (χ0v) is 7.81. The predicted octanol–water partition coefficient (Wildman–Crippen LogP) is 2.16.